The van der Waals surface area contributed by atoms with Gasteiger partial charge in [-0.05, 0) is 49.4 Å². The zero-order valence-corrected chi connectivity index (χ0v) is 19.2. The maximum atomic E-state index is 13.5. The first kappa shape index (κ1) is 23.8. The minimum absolute atomic E-state index is 0.0163. The summed E-state index contributed by atoms with van der Waals surface area (Å²) in [5.41, 5.74) is 6.67. The van der Waals surface area contributed by atoms with Crippen molar-refractivity contribution in [3.05, 3.63) is 29.8 Å². The number of amides is 3. The number of nitrogens with one attached hydrogen (secondary N) is 1. The van der Waals surface area contributed by atoms with E-state index in [0.29, 0.717) is 37.1 Å². The number of carbonyl (C=O) groups excluding carboxylic acids is 4. The molecule has 2 aliphatic rings. The van der Waals surface area contributed by atoms with Gasteiger partial charge >= 0.3 is 0 Å². The molecule has 3 N–H and O–H groups in total. The summed E-state index contributed by atoms with van der Waals surface area (Å²) in [6.07, 6.45) is 3.17. The van der Waals surface area contributed by atoms with Crippen LogP contribution in [-0.4, -0.2) is 64.5 Å². The molecule has 2 aliphatic heterocycles. The monoisotopic (exact) mass is 442 g/mol. The van der Waals surface area contributed by atoms with E-state index in [1.54, 1.807) is 34.1 Å². The summed E-state index contributed by atoms with van der Waals surface area (Å²) >= 11 is 0. The van der Waals surface area contributed by atoms with Crippen molar-refractivity contribution in [2.45, 2.75) is 71.0 Å². The first-order valence-electron chi connectivity index (χ1n) is 11.5. The number of benzene rings is 1. The zero-order chi connectivity index (χ0) is 23.4. The van der Waals surface area contributed by atoms with Crippen LogP contribution in [0.15, 0.2) is 24.3 Å². The number of carbonyl (C=O) groups is 4. The number of hydrogen-bond donors (Lipinski definition) is 2. The van der Waals surface area contributed by atoms with Gasteiger partial charge in [-0.2, -0.15) is 0 Å². The fourth-order valence-corrected chi connectivity index (χ4v) is 4.63. The molecule has 0 aliphatic carbocycles. The summed E-state index contributed by atoms with van der Waals surface area (Å²) in [6.45, 7) is 6.46. The Hall–Kier alpha value is -2.90. The molecular formula is C24H34N4O4. The number of nitrogens with zero attached hydrogens (tertiary/aromatic N) is 2. The average Bonchev–Trinajstić information content (AvgIpc) is 3.32. The molecule has 1 aromatic carbocycles. The number of ketones is 1. The summed E-state index contributed by atoms with van der Waals surface area (Å²) in [5.74, 6) is -0.559. The van der Waals surface area contributed by atoms with Gasteiger partial charge in [-0.3, -0.25) is 19.2 Å². The van der Waals surface area contributed by atoms with E-state index in [0.717, 1.165) is 12.8 Å². The van der Waals surface area contributed by atoms with E-state index < -0.39 is 12.1 Å². The predicted molar refractivity (Wildman–Crippen MR) is 122 cm³/mol. The minimum Gasteiger partial charge on any atom is -0.399 e. The molecule has 0 spiro atoms. The van der Waals surface area contributed by atoms with Gasteiger partial charge in [0.2, 0.25) is 11.8 Å². The Labute approximate surface area is 189 Å². The maximum Gasteiger partial charge on any atom is 0.251 e. The van der Waals surface area contributed by atoms with E-state index in [1.807, 2.05) is 20.8 Å². The van der Waals surface area contributed by atoms with Crippen molar-refractivity contribution in [3.63, 3.8) is 0 Å². The van der Waals surface area contributed by atoms with Crippen molar-refractivity contribution >= 4 is 29.2 Å². The average molecular weight is 443 g/mol. The Bertz CT molecular complexity index is 867. The van der Waals surface area contributed by atoms with Gasteiger partial charge < -0.3 is 20.9 Å². The Balaban J connectivity index is 1.74. The highest BCUT2D eigenvalue weighted by Gasteiger charge is 2.51. The largest absolute Gasteiger partial charge is 0.399 e. The third-order valence-electron chi connectivity index (χ3n) is 6.25. The van der Waals surface area contributed by atoms with Crippen LogP contribution >= 0.6 is 0 Å². The zero-order valence-electron chi connectivity index (χ0n) is 19.2. The third kappa shape index (κ3) is 5.11. The fourth-order valence-electron chi connectivity index (χ4n) is 4.63. The van der Waals surface area contributed by atoms with Crippen LogP contribution in [0, 0.1) is 5.92 Å². The van der Waals surface area contributed by atoms with Crippen LogP contribution in [0.5, 0.6) is 0 Å². The first-order valence-corrected chi connectivity index (χ1v) is 11.5. The van der Waals surface area contributed by atoms with Gasteiger partial charge in [-0.15, -0.1) is 0 Å². The van der Waals surface area contributed by atoms with E-state index >= 15 is 0 Å². The highest BCUT2D eigenvalue weighted by molar-refractivity contribution is 6.00. The number of nitrogen functional groups attached to an aromatic ring is 1. The van der Waals surface area contributed by atoms with Crippen molar-refractivity contribution in [2.24, 2.45) is 5.92 Å². The molecule has 1 aromatic rings. The summed E-state index contributed by atoms with van der Waals surface area (Å²) in [7, 11) is 0. The molecule has 0 aromatic heterocycles. The standard InChI is InChI=1S/C24H34N4O4/c1-4-5-6-21(30)28-14-20(29)22-19(28)11-12-27(22)24(32)18(13-15(2)3)26-23(31)16-7-9-17(25)10-8-16/h7-10,15,18-19,22H,4-6,11-14,25H2,1-3H3,(H,26,31). The molecule has 2 saturated heterocycles. The topological polar surface area (TPSA) is 113 Å². The number of anilines is 1. The number of likely N-dealkylation sites (tertiary alicyclic amines) is 2. The summed E-state index contributed by atoms with van der Waals surface area (Å²) in [5, 5.41) is 2.85. The van der Waals surface area contributed by atoms with Gasteiger partial charge in [0.05, 0.1) is 12.6 Å². The van der Waals surface area contributed by atoms with E-state index in [9.17, 15) is 19.2 Å². The van der Waals surface area contributed by atoms with Gasteiger partial charge in [-0.25, -0.2) is 0 Å². The van der Waals surface area contributed by atoms with Crippen LogP contribution in [0.2, 0.25) is 0 Å². The molecule has 3 amide bonds. The lowest BCUT2D eigenvalue weighted by molar-refractivity contribution is -0.138. The number of fused-ring (bicyclic) bond motifs is 1. The molecule has 2 fully saturated rings. The van der Waals surface area contributed by atoms with Crippen LogP contribution in [-0.2, 0) is 14.4 Å². The molecule has 0 bridgehead atoms. The number of hydrogen-bond acceptors (Lipinski definition) is 5. The van der Waals surface area contributed by atoms with E-state index in [1.165, 1.54) is 0 Å². The summed E-state index contributed by atoms with van der Waals surface area (Å²) < 4.78 is 0. The number of nitrogens with two attached hydrogens (primary N) is 1. The fraction of sp³-hybridized carbons (Fsp3) is 0.583. The molecule has 2 heterocycles. The van der Waals surface area contributed by atoms with Gasteiger partial charge in [0, 0.05) is 24.2 Å². The minimum atomic E-state index is -0.739. The summed E-state index contributed by atoms with van der Waals surface area (Å²) in [6, 6.07) is 4.90. The van der Waals surface area contributed by atoms with Crippen LogP contribution in [0.1, 0.15) is 63.2 Å². The number of unbranched alkanes of at least 4 members (excludes halogenated alkanes) is 1. The quantitative estimate of drug-likeness (QED) is 0.598. The lowest BCUT2D eigenvalue weighted by Gasteiger charge is -2.29. The highest BCUT2D eigenvalue weighted by atomic mass is 16.2. The highest BCUT2D eigenvalue weighted by Crippen LogP contribution is 2.31. The molecule has 8 nitrogen and oxygen atoms in total. The molecule has 32 heavy (non-hydrogen) atoms. The third-order valence-corrected chi connectivity index (χ3v) is 6.25. The lowest BCUT2D eigenvalue weighted by Crippen LogP contribution is -2.53. The van der Waals surface area contributed by atoms with Crippen LogP contribution in [0.25, 0.3) is 0 Å². The van der Waals surface area contributed by atoms with Crippen molar-refractivity contribution in [1.82, 2.24) is 15.1 Å². The van der Waals surface area contributed by atoms with Gasteiger partial charge in [0.15, 0.2) is 5.78 Å². The SMILES string of the molecule is CCCCC(=O)N1CC(=O)C2C1CCN2C(=O)C(CC(C)C)NC(=O)c1ccc(N)cc1. The first-order chi connectivity index (χ1) is 15.2. The molecule has 0 saturated carbocycles. The van der Waals surface area contributed by atoms with Crippen molar-refractivity contribution in [2.75, 3.05) is 18.8 Å². The van der Waals surface area contributed by atoms with Crippen molar-refractivity contribution in [1.29, 1.82) is 0 Å². The Morgan fingerprint density at radius 2 is 1.84 bits per heavy atom. The van der Waals surface area contributed by atoms with Crippen LogP contribution in [0.4, 0.5) is 5.69 Å². The van der Waals surface area contributed by atoms with Crippen molar-refractivity contribution < 1.29 is 19.2 Å². The smallest absolute Gasteiger partial charge is 0.251 e. The van der Waals surface area contributed by atoms with Gasteiger partial charge in [0.1, 0.15) is 12.1 Å². The van der Waals surface area contributed by atoms with Gasteiger partial charge in [0.25, 0.3) is 5.91 Å². The van der Waals surface area contributed by atoms with Crippen molar-refractivity contribution in [3.8, 4) is 0 Å². The number of Topliss-reactive ketones (excluding diaryl/α,β-unsaturated/α-hetero) is 1. The molecule has 8 heteroatoms. The van der Waals surface area contributed by atoms with E-state index in [4.69, 9.17) is 5.73 Å². The molecule has 3 unspecified atom stereocenters. The molecule has 0 radical (unpaired) electrons. The van der Waals surface area contributed by atoms with E-state index in [2.05, 4.69) is 5.32 Å². The normalized spacial score (nSPS) is 21.1. The van der Waals surface area contributed by atoms with Crippen LogP contribution in [0.3, 0.4) is 0 Å². The maximum absolute atomic E-state index is 13.5. The molecule has 3 rings (SSSR count). The Morgan fingerprint density at radius 3 is 2.47 bits per heavy atom. The second kappa shape index (κ2) is 10.1. The summed E-state index contributed by atoms with van der Waals surface area (Å²) in [4.78, 5) is 54.8. The van der Waals surface area contributed by atoms with E-state index in [-0.39, 0.29) is 42.0 Å². The predicted octanol–water partition coefficient (Wildman–Crippen LogP) is 1.98. The lowest BCUT2D eigenvalue weighted by atomic mass is 10.0. The molecule has 174 valence electrons. The second-order valence-electron chi connectivity index (χ2n) is 9.20. The van der Waals surface area contributed by atoms with Gasteiger partial charge in [-0.1, -0.05) is 27.2 Å². The second-order valence-corrected chi connectivity index (χ2v) is 9.20. The molecular weight excluding hydrogens is 408 g/mol. The molecule has 3 atom stereocenters. The Kier molecular flexibility index (Phi) is 7.53. The number of rotatable bonds is 8. The van der Waals surface area contributed by atoms with Crippen LogP contribution < -0.4 is 11.1 Å². The Morgan fingerprint density at radius 1 is 1.16 bits per heavy atom.